The summed E-state index contributed by atoms with van der Waals surface area (Å²) in [4.78, 5) is 11.3. The van der Waals surface area contributed by atoms with Crippen molar-refractivity contribution in [3.63, 3.8) is 0 Å². The highest BCUT2D eigenvalue weighted by Crippen LogP contribution is 2.20. The third-order valence-corrected chi connectivity index (χ3v) is 3.54. The maximum atomic E-state index is 11.3. The summed E-state index contributed by atoms with van der Waals surface area (Å²) in [7, 11) is -1.35. The van der Waals surface area contributed by atoms with E-state index in [2.05, 4.69) is 0 Å². The van der Waals surface area contributed by atoms with Crippen molar-refractivity contribution in [1.29, 1.82) is 0 Å². The summed E-state index contributed by atoms with van der Waals surface area (Å²) >= 11 is 0. The third-order valence-electron chi connectivity index (χ3n) is 3.54. The van der Waals surface area contributed by atoms with Crippen molar-refractivity contribution in [2.24, 2.45) is 5.73 Å². The van der Waals surface area contributed by atoms with Gasteiger partial charge in [-0.05, 0) is 37.7 Å². The number of rotatable bonds is 11. The Morgan fingerprint density at radius 3 is 2.36 bits per heavy atom. The molecular weight excluding hydrogens is 285 g/mol. The molecule has 0 bridgehead atoms. The zero-order valence-corrected chi connectivity index (χ0v) is 12.6. The van der Waals surface area contributed by atoms with Gasteiger partial charge in [-0.2, -0.15) is 0 Å². The van der Waals surface area contributed by atoms with Crippen molar-refractivity contribution in [3.05, 3.63) is 30.3 Å². The fraction of sp³-hybridized carbons (Fsp3) is 0.533. The number of nitrogens with two attached hydrogens (primary N) is 1. The van der Waals surface area contributed by atoms with Crippen LogP contribution in [-0.4, -0.2) is 40.4 Å². The van der Waals surface area contributed by atoms with Gasteiger partial charge in [-0.1, -0.05) is 31.0 Å². The lowest BCUT2D eigenvalue weighted by Crippen LogP contribution is -2.48. The number of aliphatic carboxylic acids is 1. The first kappa shape index (κ1) is 18.5. The normalized spacial score (nSPS) is 13.4. The molecule has 0 fully saturated rings. The molecule has 0 aliphatic rings. The Kier molecular flexibility index (Phi) is 7.94. The van der Waals surface area contributed by atoms with Crippen LogP contribution < -0.4 is 10.5 Å². The number of benzene rings is 1. The van der Waals surface area contributed by atoms with E-state index in [-0.39, 0.29) is 6.32 Å². The van der Waals surface area contributed by atoms with Crippen molar-refractivity contribution in [2.45, 2.75) is 44.0 Å². The molecule has 0 saturated carbocycles. The predicted molar refractivity (Wildman–Crippen MR) is 84.6 cm³/mol. The van der Waals surface area contributed by atoms with Crippen LogP contribution in [0.15, 0.2) is 30.3 Å². The molecule has 1 rings (SSSR count). The maximum Gasteiger partial charge on any atom is 0.451 e. The van der Waals surface area contributed by atoms with Crippen molar-refractivity contribution in [3.8, 4) is 5.75 Å². The van der Waals surface area contributed by atoms with Crippen LogP contribution in [-0.2, 0) is 4.79 Å². The average molecular weight is 309 g/mol. The van der Waals surface area contributed by atoms with Crippen LogP contribution in [0.25, 0.3) is 0 Å². The fourth-order valence-corrected chi connectivity index (χ4v) is 2.20. The first-order valence-corrected chi connectivity index (χ1v) is 7.50. The predicted octanol–water partition coefficient (Wildman–Crippen LogP) is 1.27. The molecule has 0 amide bonds. The van der Waals surface area contributed by atoms with Crippen LogP contribution in [0.5, 0.6) is 5.75 Å². The molecule has 0 heterocycles. The molecule has 7 heteroatoms. The molecule has 6 nitrogen and oxygen atoms in total. The Morgan fingerprint density at radius 2 is 1.77 bits per heavy atom. The molecule has 0 saturated heterocycles. The Bertz CT molecular complexity index is 443. The van der Waals surface area contributed by atoms with E-state index in [9.17, 15) is 9.90 Å². The highest BCUT2D eigenvalue weighted by atomic mass is 16.5. The molecule has 0 aliphatic heterocycles. The number of hydrogen-bond donors (Lipinski definition) is 4. The van der Waals surface area contributed by atoms with Crippen LogP contribution in [0.2, 0.25) is 6.32 Å². The number of hydrogen-bond acceptors (Lipinski definition) is 5. The average Bonchev–Trinajstić information content (AvgIpc) is 2.49. The van der Waals surface area contributed by atoms with Crippen molar-refractivity contribution in [2.75, 3.05) is 6.61 Å². The van der Waals surface area contributed by atoms with Gasteiger partial charge in [0.05, 0.1) is 6.61 Å². The van der Waals surface area contributed by atoms with E-state index < -0.39 is 18.6 Å². The molecule has 0 radical (unpaired) electrons. The van der Waals surface area contributed by atoms with Gasteiger partial charge in [-0.15, -0.1) is 0 Å². The smallest absolute Gasteiger partial charge is 0.451 e. The van der Waals surface area contributed by atoms with Crippen molar-refractivity contribution < 1.29 is 24.7 Å². The van der Waals surface area contributed by atoms with Gasteiger partial charge in [-0.3, -0.25) is 4.79 Å². The molecule has 0 unspecified atom stereocenters. The summed E-state index contributed by atoms with van der Waals surface area (Å²) in [5.41, 5.74) is 4.67. The lowest BCUT2D eigenvalue weighted by molar-refractivity contribution is -0.144. The quantitative estimate of drug-likeness (QED) is 0.362. The van der Waals surface area contributed by atoms with Gasteiger partial charge in [0.1, 0.15) is 11.3 Å². The molecule has 122 valence electrons. The first-order valence-electron chi connectivity index (χ1n) is 7.50. The Hall–Kier alpha value is -1.57. The largest absolute Gasteiger partial charge is 0.494 e. The van der Waals surface area contributed by atoms with E-state index in [1.807, 2.05) is 30.3 Å². The zero-order chi connectivity index (χ0) is 16.4. The molecular formula is C15H24BNO5. The summed E-state index contributed by atoms with van der Waals surface area (Å²) in [5.74, 6) is -0.283. The standard InChI is InChI=1S/C15H24BNO5/c17-15(14(18)19,9-4-5-11-16(20)21)10-6-12-22-13-7-2-1-3-8-13/h1-3,7-8,20-21H,4-6,9-12,17H2,(H,18,19)/t15-/m1/s1. The summed E-state index contributed by atoms with van der Waals surface area (Å²) < 4.78 is 5.52. The van der Waals surface area contributed by atoms with Gasteiger partial charge >= 0.3 is 13.1 Å². The number of unbranched alkanes of at least 4 members (excludes halogenated alkanes) is 1. The van der Waals surface area contributed by atoms with Gasteiger partial charge < -0.3 is 25.6 Å². The van der Waals surface area contributed by atoms with Gasteiger partial charge in [-0.25, -0.2) is 0 Å². The lowest BCUT2D eigenvalue weighted by Gasteiger charge is -2.24. The van der Waals surface area contributed by atoms with Crippen LogP contribution in [0.3, 0.4) is 0 Å². The van der Waals surface area contributed by atoms with Gasteiger partial charge in [0, 0.05) is 0 Å². The molecule has 22 heavy (non-hydrogen) atoms. The maximum absolute atomic E-state index is 11.3. The number of ether oxygens (including phenoxy) is 1. The van der Waals surface area contributed by atoms with E-state index in [4.69, 9.17) is 20.5 Å². The third kappa shape index (κ3) is 6.93. The van der Waals surface area contributed by atoms with E-state index in [1.165, 1.54) is 0 Å². The second-order valence-corrected chi connectivity index (χ2v) is 5.45. The zero-order valence-electron chi connectivity index (χ0n) is 12.6. The highest BCUT2D eigenvalue weighted by molar-refractivity contribution is 6.40. The van der Waals surface area contributed by atoms with Crippen LogP contribution in [0.1, 0.15) is 32.1 Å². The number of para-hydroxylation sites is 1. The minimum absolute atomic E-state index is 0.229. The Labute approximate surface area is 131 Å². The summed E-state index contributed by atoms with van der Waals surface area (Å²) in [6.07, 6.45) is 2.47. The van der Waals surface area contributed by atoms with Crippen LogP contribution in [0, 0.1) is 0 Å². The first-order chi connectivity index (χ1) is 10.4. The molecule has 5 N–H and O–H groups in total. The number of carbonyl (C=O) groups is 1. The summed E-state index contributed by atoms with van der Waals surface area (Å²) in [6, 6.07) is 9.32. The molecule has 0 spiro atoms. The molecule has 0 aromatic heterocycles. The van der Waals surface area contributed by atoms with Crippen LogP contribution in [0.4, 0.5) is 0 Å². The summed E-state index contributed by atoms with van der Waals surface area (Å²) in [5, 5.41) is 26.8. The number of carboxylic acid groups (broad SMARTS) is 1. The molecule has 1 aromatic rings. The molecule has 1 atom stereocenters. The highest BCUT2D eigenvalue weighted by Gasteiger charge is 2.32. The Morgan fingerprint density at radius 1 is 1.14 bits per heavy atom. The van der Waals surface area contributed by atoms with Crippen molar-refractivity contribution >= 4 is 13.1 Å². The van der Waals surface area contributed by atoms with Gasteiger partial charge in [0.2, 0.25) is 0 Å². The van der Waals surface area contributed by atoms with E-state index >= 15 is 0 Å². The SMILES string of the molecule is N[C@](CCCCB(O)O)(CCCOc1ccccc1)C(=O)O. The van der Waals surface area contributed by atoms with Gasteiger partial charge in [0.15, 0.2) is 0 Å². The number of carboxylic acids is 1. The fourth-order valence-electron chi connectivity index (χ4n) is 2.20. The van der Waals surface area contributed by atoms with E-state index in [1.54, 1.807) is 0 Å². The summed E-state index contributed by atoms with van der Waals surface area (Å²) in [6.45, 7) is 0.408. The molecule has 0 aliphatic carbocycles. The second-order valence-electron chi connectivity index (χ2n) is 5.45. The van der Waals surface area contributed by atoms with E-state index in [0.29, 0.717) is 38.7 Å². The Balaban J connectivity index is 2.31. The minimum atomic E-state index is -1.35. The topological polar surface area (TPSA) is 113 Å². The molecule has 1 aromatic carbocycles. The van der Waals surface area contributed by atoms with E-state index in [0.717, 1.165) is 5.75 Å². The second kappa shape index (κ2) is 9.45. The van der Waals surface area contributed by atoms with Crippen molar-refractivity contribution in [1.82, 2.24) is 0 Å². The van der Waals surface area contributed by atoms with Gasteiger partial charge in [0.25, 0.3) is 0 Å². The minimum Gasteiger partial charge on any atom is -0.494 e. The lowest BCUT2D eigenvalue weighted by atomic mass is 9.81. The monoisotopic (exact) mass is 309 g/mol. The van der Waals surface area contributed by atoms with Crippen LogP contribution >= 0.6 is 0 Å².